The Hall–Kier alpha value is -2.54. The van der Waals surface area contributed by atoms with Gasteiger partial charge in [-0.15, -0.1) is 0 Å². The van der Waals surface area contributed by atoms with Crippen LogP contribution in [0.5, 0.6) is 5.75 Å². The molecule has 0 aliphatic carbocycles. The van der Waals surface area contributed by atoms with Crippen molar-refractivity contribution >= 4 is 21.6 Å². The summed E-state index contributed by atoms with van der Waals surface area (Å²) in [6, 6.07) is 16.1. The molecular formula is C18H20N2O4S. The number of hydrogen-bond acceptors (Lipinski definition) is 4. The molecule has 0 fully saturated rings. The normalized spacial score (nSPS) is 18.0. The summed E-state index contributed by atoms with van der Waals surface area (Å²) in [5.74, 6) is 0.0335. The Bertz CT molecular complexity index is 868. The number of rotatable bonds is 4. The van der Waals surface area contributed by atoms with Gasteiger partial charge in [-0.1, -0.05) is 42.5 Å². The minimum absolute atomic E-state index is 0.0524. The van der Waals surface area contributed by atoms with Crippen molar-refractivity contribution in [3.05, 3.63) is 60.2 Å². The number of carbonyl (C=O) groups is 1. The van der Waals surface area contributed by atoms with Gasteiger partial charge in [-0.2, -0.15) is 0 Å². The van der Waals surface area contributed by atoms with Crippen LogP contribution in [0, 0.1) is 0 Å². The second kappa shape index (κ2) is 6.76. The Labute approximate surface area is 147 Å². The van der Waals surface area contributed by atoms with E-state index in [9.17, 15) is 13.2 Å². The molecule has 3 rings (SSSR count). The second-order valence-corrected chi connectivity index (χ2v) is 7.92. The fourth-order valence-corrected chi connectivity index (χ4v) is 3.70. The summed E-state index contributed by atoms with van der Waals surface area (Å²) >= 11 is 0. The summed E-state index contributed by atoms with van der Waals surface area (Å²) < 4.78 is 31.1. The lowest BCUT2D eigenvalue weighted by Crippen LogP contribution is -2.50. The first kappa shape index (κ1) is 17.3. The van der Waals surface area contributed by atoms with Crippen molar-refractivity contribution in [1.29, 1.82) is 0 Å². The van der Waals surface area contributed by atoms with Gasteiger partial charge in [0.2, 0.25) is 10.0 Å². The minimum Gasteiger partial charge on any atom is -0.476 e. The second-order valence-electron chi connectivity index (χ2n) is 6.01. The van der Waals surface area contributed by atoms with E-state index in [0.29, 0.717) is 11.4 Å². The molecule has 0 saturated carbocycles. The van der Waals surface area contributed by atoms with E-state index >= 15 is 0 Å². The molecule has 6 nitrogen and oxygen atoms in total. The van der Waals surface area contributed by atoms with E-state index in [0.717, 1.165) is 11.8 Å². The molecule has 2 aromatic carbocycles. The molecule has 1 aliphatic heterocycles. The maximum atomic E-state index is 12.6. The summed E-state index contributed by atoms with van der Waals surface area (Å²) in [4.78, 5) is 12.6. The lowest BCUT2D eigenvalue weighted by molar-refractivity contribution is -0.128. The number of amides is 1. The molecule has 0 radical (unpaired) electrons. The lowest BCUT2D eigenvalue weighted by Gasteiger charge is -2.34. The molecule has 2 aromatic rings. The SMILES string of the molecule is C[C@@H](NC(=O)[C@H]1CN(S(C)(=O)=O)c2ccccc2O1)c1ccccc1. The minimum atomic E-state index is -3.51. The Morgan fingerprint density at radius 3 is 2.48 bits per heavy atom. The van der Waals surface area contributed by atoms with Crippen LogP contribution in [0.2, 0.25) is 0 Å². The van der Waals surface area contributed by atoms with E-state index in [1.54, 1.807) is 24.3 Å². The topological polar surface area (TPSA) is 75.7 Å². The average molecular weight is 360 g/mol. The monoisotopic (exact) mass is 360 g/mol. The first-order valence-electron chi connectivity index (χ1n) is 7.95. The summed E-state index contributed by atoms with van der Waals surface area (Å²) in [5.41, 5.74) is 1.41. The highest BCUT2D eigenvalue weighted by molar-refractivity contribution is 7.92. The molecule has 2 atom stereocenters. The molecule has 0 unspecified atom stereocenters. The van der Waals surface area contributed by atoms with Gasteiger partial charge in [0.15, 0.2) is 6.10 Å². The summed E-state index contributed by atoms with van der Waals surface area (Å²) in [6.45, 7) is 1.82. The van der Waals surface area contributed by atoms with Gasteiger partial charge < -0.3 is 10.1 Å². The van der Waals surface area contributed by atoms with E-state index in [1.165, 1.54) is 4.31 Å². The molecule has 0 bridgehead atoms. The average Bonchev–Trinajstić information content (AvgIpc) is 2.60. The third kappa shape index (κ3) is 3.76. The Morgan fingerprint density at radius 1 is 1.16 bits per heavy atom. The Morgan fingerprint density at radius 2 is 1.80 bits per heavy atom. The van der Waals surface area contributed by atoms with E-state index in [4.69, 9.17) is 4.74 Å². The van der Waals surface area contributed by atoms with Crippen LogP contribution >= 0.6 is 0 Å². The molecule has 0 saturated heterocycles. The van der Waals surface area contributed by atoms with Crippen LogP contribution in [-0.4, -0.2) is 33.2 Å². The van der Waals surface area contributed by atoms with E-state index in [2.05, 4.69) is 5.32 Å². The van der Waals surface area contributed by atoms with Gasteiger partial charge >= 0.3 is 0 Å². The maximum Gasteiger partial charge on any atom is 0.263 e. The van der Waals surface area contributed by atoms with Gasteiger partial charge in [0.05, 0.1) is 24.5 Å². The lowest BCUT2D eigenvalue weighted by atomic mass is 10.1. The predicted octanol–water partition coefficient (Wildman–Crippen LogP) is 2.09. The first-order chi connectivity index (χ1) is 11.9. The number of nitrogens with zero attached hydrogens (tertiary/aromatic N) is 1. The molecule has 1 aliphatic rings. The van der Waals surface area contributed by atoms with Crippen LogP contribution in [0.3, 0.4) is 0 Å². The summed E-state index contributed by atoms with van der Waals surface area (Å²) in [6.07, 6.45) is 0.215. The zero-order chi connectivity index (χ0) is 18.0. The third-order valence-corrected chi connectivity index (χ3v) is 5.23. The van der Waals surface area contributed by atoms with E-state index < -0.39 is 16.1 Å². The van der Waals surface area contributed by atoms with Crippen LogP contribution in [-0.2, 0) is 14.8 Å². The van der Waals surface area contributed by atoms with Gasteiger partial charge in [0.25, 0.3) is 5.91 Å². The van der Waals surface area contributed by atoms with Crippen molar-refractivity contribution in [2.75, 3.05) is 17.1 Å². The standard InChI is InChI=1S/C18H20N2O4S/c1-13(14-8-4-3-5-9-14)19-18(21)17-12-20(25(2,22)23)15-10-6-7-11-16(15)24-17/h3-11,13,17H,12H2,1-2H3,(H,19,21)/t13-,17-/m1/s1. The molecule has 7 heteroatoms. The maximum absolute atomic E-state index is 12.6. The number of nitrogens with one attached hydrogen (secondary N) is 1. The molecule has 0 aromatic heterocycles. The zero-order valence-corrected chi connectivity index (χ0v) is 14.9. The predicted molar refractivity (Wildman–Crippen MR) is 96.0 cm³/mol. The molecule has 1 amide bonds. The van der Waals surface area contributed by atoms with Gasteiger partial charge in [-0.05, 0) is 24.6 Å². The van der Waals surface area contributed by atoms with Crippen LogP contribution in [0.4, 0.5) is 5.69 Å². The highest BCUT2D eigenvalue weighted by Gasteiger charge is 2.35. The number of sulfonamides is 1. The van der Waals surface area contributed by atoms with Crippen LogP contribution in [0.1, 0.15) is 18.5 Å². The molecule has 25 heavy (non-hydrogen) atoms. The number of ether oxygens (including phenoxy) is 1. The molecular weight excluding hydrogens is 340 g/mol. The van der Waals surface area contributed by atoms with Crippen molar-refractivity contribution in [1.82, 2.24) is 5.32 Å². The number of carbonyl (C=O) groups excluding carboxylic acids is 1. The van der Waals surface area contributed by atoms with Gasteiger partial charge in [-0.3, -0.25) is 9.10 Å². The van der Waals surface area contributed by atoms with Gasteiger partial charge in [0, 0.05) is 0 Å². The van der Waals surface area contributed by atoms with Crippen molar-refractivity contribution in [2.24, 2.45) is 0 Å². The summed E-state index contributed by atoms with van der Waals surface area (Å²) in [7, 11) is -3.51. The first-order valence-corrected chi connectivity index (χ1v) is 9.80. The highest BCUT2D eigenvalue weighted by Crippen LogP contribution is 2.34. The number of fused-ring (bicyclic) bond motifs is 1. The number of benzene rings is 2. The number of anilines is 1. The van der Waals surface area contributed by atoms with E-state index in [1.807, 2.05) is 37.3 Å². The fraction of sp³-hybridized carbons (Fsp3) is 0.278. The van der Waals surface area contributed by atoms with Crippen molar-refractivity contribution < 1.29 is 17.9 Å². The molecule has 0 spiro atoms. The van der Waals surface area contributed by atoms with Crippen LogP contribution in [0.15, 0.2) is 54.6 Å². The van der Waals surface area contributed by atoms with Crippen molar-refractivity contribution in [3.63, 3.8) is 0 Å². The molecule has 1 heterocycles. The molecule has 1 N–H and O–H groups in total. The smallest absolute Gasteiger partial charge is 0.263 e. The number of hydrogen-bond donors (Lipinski definition) is 1. The highest BCUT2D eigenvalue weighted by atomic mass is 32.2. The van der Waals surface area contributed by atoms with E-state index in [-0.39, 0.29) is 18.5 Å². The zero-order valence-electron chi connectivity index (χ0n) is 14.0. The summed E-state index contributed by atoms with van der Waals surface area (Å²) in [5, 5.41) is 2.88. The largest absolute Gasteiger partial charge is 0.476 e. The molecule has 132 valence electrons. The van der Waals surface area contributed by atoms with Gasteiger partial charge in [-0.25, -0.2) is 8.42 Å². The van der Waals surface area contributed by atoms with Crippen molar-refractivity contribution in [2.45, 2.75) is 19.1 Å². The van der Waals surface area contributed by atoms with Gasteiger partial charge in [0.1, 0.15) is 5.75 Å². The van der Waals surface area contributed by atoms with Crippen LogP contribution < -0.4 is 14.4 Å². The fourth-order valence-electron chi connectivity index (χ4n) is 2.78. The number of para-hydroxylation sites is 2. The quantitative estimate of drug-likeness (QED) is 0.906. The van der Waals surface area contributed by atoms with Crippen LogP contribution in [0.25, 0.3) is 0 Å². The Balaban J connectivity index is 1.80. The van der Waals surface area contributed by atoms with Crippen molar-refractivity contribution in [3.8, 4) is 5.75 Å². The Kier molecular flexibility index (Phi) is 4.67. The third-order valence-electron chi connectivity index (χ3n) is 4.09.